The average Bonchev–Trinajstić information content (AvgIpc) is 3.03. The lowest BCUT2D eigenvalue weighted by molar-refractivity contribution is 0.102. The summed E-state index contributed by atoms with van der Waals surface area (Å²) < 4.78 is 0. The number of hydrogen-bond donors (Lipinski definition) is 1. The molecule has 3 rings (SSSR count). The molecule has 0 atom stereocenters. The van der Waals surface area contributed by atoms with Crippen LogP contribution in [0.4, 0.5) is 11.4 Å². The number of nitrogens with zero attached hydrogens (tertiary/aromatic N) is 2. The second kappa shape index (κ2) is 5.74. The fraction of sp³-hybridized carbons (Fsp3) is 0.250. The van der Waals surface area contributed by atoms with Crippen LogP contribution in [-0.2, 0) is 0 Å². The Balaban J connectivity index is 1.69. The van der Waals surface area contributed by atoms with Gasteiger partial charge in [0.1, 0.15) is 0 Å². The number of anilines is 2. The van der Waals surface area contributed by atoms with Gasteiger partial charge in [0.15, 0.2) is 0 Å². The minimum Gasteiger partial charge on any atom is -0.372 e. The maximum atomic E-state index is 12.1. The van der Waals surface area contributed by atoms with Gasteiger partial charge < -0.3 is 10.2 Å². The van der Waals surface area contributed by atoms with Crippen molar-refractivity contribution < 1.29 is 4.79 Å². The third kappa shape index (κ3) is 2.79. The van der Waals surface area contributed by atoms with Gasteiger partial charge in [0.2, 0.25) is 0 Å². The molecule has 1 aliphatic rings. The molecule has 0 bridgehead atoms. The smallest absolute Gasteiger partial charge is 0.255 e. The minimum absolute atomic E-state index is 0.106. The van der Waals surface area contributed by atoms with E-state index >= 15 is 0 Å². The zero-order valence-corrected chi connectivity index (χ0v) is 11.2. The summed E-state index contributed by atoms with van der Waals surface area (Å²) in [5.41, 5.74) is 2.57. The van der Waals surface area contributed by atoms with Crippen LogP contribution >= 0.6 is 0 Å². The maximum absolute atomic E-state index is 12.1. The Hall–Kier alpha value is -2.36. The van der Waals surface area contributed by atoms with Crippen LogP contribution in [0, 0.1) is 0 Å². The van der Waals surface area contributed by atoms with E-state index in [9.17, 15) is 4.79 Å². The van der Waals surface area contributed by atoms with Crippen LogP contribution in [0.1, 0.15) is 23.2 Å². The molecule has 0 spiro atoms. The van der Waals surface area contributed by atoms with E-state index in [0.717, 1.165) is 13.1 Å². The highest BCUT2D eigenvalue weighted by Crippen LogP contribution is 2.20. The number of rotatable bonds is 3. The molecule has 1 aromatic heterocycles. The first-order valence-corrected chi connectivity index (χ1v) is 6.89. The van der Waals surface area contributed by atoms with E-state index in [1.54, 1.807) is 18.5 Å². The second-order valence-corrected chi connectivity index (χ2v) is 4.94. The van der Waals surface area contributed by atoms with E-state index in [1.807, 2.05) is 30.3 Å². The maximum Gasteiger partial charge on any atom is 0.255 e. The van der Waals surface area contributed by atoms with Crippen LogP contribution in [0.3, 0.4) is 0 Å². The van der Waals surface area contributed by atoms with Gasteiger partial charge in [-0.05, 0) is 49.2 Å². The fourth-order valence-electron chi connectivity index (χ4n) is 2.44. The van der Waals surface area contributed by atoms with E-state index in [-0.39, 0.29) is 5.91 Å². The van der Waals surface area contributed by atoms with Crippen molar-refractivity contribution in [1.82, 2.24) is 4.98 Å². The summed E-state index contributed by atoms with van der Waals surface area (Å²) in [6, 6.07) is 11.4. The molecular formula is C16H17N3O. The van der Waals surface area contributed by atoms with E-state index in [2.05, 4.69) is 15.2 Å². The zero-order chi connectivity index (χ0) is 13.8. The fourth-order valence-corrected chi connectivity index (χ4v) is 2.44. The molecular weight excluding hydrogens is 250 g/mol. The van der Waals surface area contributed by atoms with E-state index in [0.29, 0.717) is 11.3 Å². The first kappa shape index (κ1) is 12.7. The van der Waals surface area contributed by atoms with Crippen LogP contribution < -0.4 is 10.2 Å². The molecule has 0 saturated carbocycles. The molecule has 1 N–H and O–H groups in total. The molecule has 1 amide bonds. The molecule has 1 fully saturated rings. The van der Waals surface area contributed by atoms with Gasteiger partial charge in [-0.2, -0.15) is 0 Å². The van der Waals surface area contributed by atoms with Crippen LogP contribution in [-0.4, -0.2) is 24.0 Å². The Morgan fingerprint density at radius 3 is 2.50 bits per heavy atom. The third-order valence-corrected chi connectivity index (χ3v) is 3.52. The summed E-state index contributed by atoms with van der Waals surface area (Å²) in [5.74, 6) is -0.106. The highest BCUT2D eigenvalue weighted by atomic mass is 16.1. The summed E-state index contributed by atoms with van der Waals surface area (Å²) in [5, 5.41) is 2.83. The molecule has 0 aliphatic carbocycles. The molecule has 1 saturated heterocycles. The van der Waals surface area contributed by atoms with Gasteiger partial charge in [-0.25, -0.2) is 0 Å². The average molecular weight is 267 g/mol. The van der Waals surface area contributed by atoms with Crippen molar-refractivity contribution in [2.45, 2.75) is 12.8 Å². The van der Waals surface area contributed by atoms with Crippen LogP contribution in [0.25, 0.3) is 0 Å². The lowest BCUT2D eigenvalue weighted by Gasteiger charge is -2.17. The Morgan fingerprint density at radius 2 is 1.85 bits per heavy atom. The van der Waals surface area contributed by atoms with Gasteiger partial charge >= 0.3 is 0 Å². The molecule has 102 valence electrons. The first-order valence-electron chi connectivity index (χ1n) is 6.89. The topological polar surface area (TPSA) is 45.2 Å². The number of carbonyl (C=O) groups is 1. The van der Waals surface area contributed by atoms with Crippen molar-refractivity contribution >= 4 is 17.3 Å². The van der Waals surface area contributed by atoms with Gasteiger partial charge in [-0.3, -0.25) is 9.78 Å². The van der Waals surface area contributed by atoms with Crippen molar-refractivity contribution in [2.24, 2.45) is 0 Å². The van der Waals surface area contributed by atoms with Crippen molar-refractivity contribution in [3.63, 3.8) is 0 Å². The van der Waals surface area contributed by atoms with Crippen LogP contribution in [0.5, 0.6) is 0 Å². The molecule has 4 nitrogen and oxygen atoms in total. The Labute approximate surface area is 118 Å². The Bertz CT molecular complexity index is 574. The second-order valence-electron chi connectivity index (χ2n) is 4.94. The van der Waals surface area contributed by atoms with Crippen molar-refractivity contribution in [3.8, 4) is 0 Å². The minimum atomic E-state index is -0.106. The largest absolute Gasteiger partial charge is 0.372 e. The highest BCUT2D eigenvalue weighted by molar-refractivity contribution is 6.04. The number of nitrogens with one attached hydrogen (secondary N) is 1. The van der Waals surface area contributed by atoms with E-state index < -0.39 is 0 Å². The SMILES string of the molecule is O=C(Nc1cccnc1)c1ccc(N2CCCC2)cc1. The summed E-state index contributed by atoms with van der Waals surface area (Å²) in [6.07, 6.45) is 5.82. The predicted molar refractivity (Wildman–Crippen MR) is 80.1 cm³/mol. The third-order valence-electron chi connectivity index (χ3n) is 3.52. The molecule has 2 heterocycles. The predicted octanol–water partition coefficient (Wildman–Crippen LogP) is 2.93. The van der Waals surface area contributed by atoms with Crippen molar-refractivity contribution in [1.29, 1.82) is 0 Å². The number of aromatic nitrogens is 1. The molecule has 2 aromatic rings. The Kier molecular flexibility index (Phi) is 3.63. The zero-order valence-electron chi connectivity index (χ0n) is 11.2. The first-order chi connectivity index (χ1) is 9.83. The molecule has 0 radical (unpaired) electrons. The quantitative estimate of drug-likeness (QED) is 0.930. The van der Waals surface area contributed by atoms with Gasteiger partial charge in [0.25, 0.3) is 5.91 Å². The number of benzene rings is 1. The molecule has 4 heteroatoms. The molecule has 20 heavy (non-hydrogen) atoms. The van der Waals surface area contributed by atoms with Gasteiger partial charge in [0, 0.05) is 30.5 Å². The number of hydrogen-bond acceptors (Lipinski definition) is 3. The molecule has 1 aromatic carbocycles. The van der Waals surface area contributed by atoms with Gasteiger partial charge in [-0.1, -0.05) is 0 Å². The number of carbonyl (C=O) groups excluding carboxylic acids is 1. The van der Waals surface area contributed by atoms with Crippen molar-refractivity contribution in [3.05, 3.63) is 54.4 Å². The lowest BCUT2D eigenvalue weighted by atomic mass is 10.2. The summed E-state index contributed by atoms with van der Waals surface area (Å²) in [4.78, 5) is 18.4. The van der Waals surface area contributed by atoms with Gasteiger partial charge in [-0.15, -0.1) is 0 Å². The standard InChI is InChI=1S/C16H17N3O/c20-16(18-14-4-3-9-17-12-14)13-5-7-15(8-6-13)19-10-1-2-11-19/h3-9,12H,1-2,10-11H2,(H,18,20). The summed E-state index contributed by atoms with van der Waals surface area (Å²) in [6.45, 7) is 2.22. The van der Waals surface area contributed by atoms with Crippen molar-refractivity contribution in [2.75, 3.05) is 23.3 Å². The number of pyridine rings is 1. The highest BCUT2D eigenvalue weighted by Gasteiger charge is 2.13. The van der Waals surface area contributed by atoms with E-state index in [4.69, 9.17) is 0 Å². The van der Waals surface area contributed by atoms with Gasteiger partial charge in [0.05, 0.1) is 11.9 Å². The van der Waals surface area contributed by atoms with Crippen LogP contribution in [0.15, 0.2) is 48.8 Å². The summed E-state index contributed by atoms with van der Waals surface area (Å²) in [7, 11) is 0. The summed E-state index contributed by atoms with van der Waals surface area (Å²) >= 11 is 0. The normalized spacial score (nSPS) is 14.3. The van der Waals surface area contributed by atoms with E-state index in [1.165, 1.54) is 18.5 Å². The Morgan fingerprint density at radius 1 is 1.10 bits per heavy atom. The van der Waals surface area contributed by atoms with Crippen LogP contribution in [0.2, 0.25) is 0 Å². The monoisotopic (exact) mass is 267 g/mol. The molecule has 1 aliphatic heterocycles. The number of amides is 1. The lowest BCUT2D eigenvalue weighted by Crippen LogP contribution is -2.18. The molecule has 0 unspecified atom stereocenters.